The zero-order valence-electron chi connectivity index (χ0n) is 10.8. The fourth-order valence-electron chi connectivity index (χ4n) is 2.93. The minimum atomic E-state index is 0.491. The lowest BCUT2D eigenvalue weighted by Gasteiger charge is -2.37. The zero-order chi connectivity index (χ0) is 11.6. The summed E-state index contributed by atoms with van der Waals surface area (Å²) in [5.74, 6) is 1.67. The Labute approximate surface area is 100 Å². The molecule has 1 aromatic rings. The first-order valence-electron chi connectivity index (χ1n) is 6.54. The average Bonchev–Trinajstić information content (AvgIpc) is 2.29. The van der Waals surface area contributed by atoms with Crippen LogP contribution in [0.1, 0.15) is 57.9 Å². The molecule has 0 aromatic heterocycles. The van der Waals surface area contributed by atoms with Crippen molar-refractivity contribution in [3.8, 4) is 0 Å². The first-order valence-corrected chi connectivity index (χ1v) is 6.54. The van der Waals surface area contributed by atoms with Crippen LogP contribution in [0.5, 0.6) is 0 Å². The van der Waals surface area contributed by atoms with Crippen molar-refractivity contribution in [1.82, 2.24) is 0 Å². The van der Waals surface area contributed by atoms with E-state index < -0.39 is 0 Å². The van der Waals surface area contributed by atoms with Crippen LogP contribution in [0.25, 0.3) is 0 Å². The van der Waals surface area contributed by atoms with Gasteiger partial charge in [0.1, 0.15) is 0 Å². The molecule has 0 spiro atoms. The molecule has 0 bridgehead atoms. The molecule has 0 amide bonds. The van der Waals surface area contributed by atoms with Crippen LogP contribution in [-0.4, -0.2) is 0 Å². The van der Waals surface area contributed by atoms with Gasteiger partial charge >= 0.3 is 0 Å². The van der Waals surface area contributed by atoms with Crippen molar-refractivity contribution in [2.45, 2.75) is 52.4 Å². The molecule has 0 saturated heterocycles. The largest absolute Gasteiger partial charge is 0.0619 e. The minimum absolute atomic E-state index is 0.491. The maximum Gasteiger partial charge on any atom is -0.0146 e. The molecule has 1 aromatic carbocycles. The highest BCUT2D eigenvalue weighted by Crippen LogP contribution is 2.42. The Morgan fingerprint density at radius 3 is 2.25 bits per heavy atom. The van der Waals surface area contributed by atoms with E-state index in [0.717, 1.165) is 11.8 Å². The van der Waals surface area contributed by atoms with Crippen molar-refractivity contribution in [1.29, 1.82) is 0 Å². The summed E-state index contributed by atoms with van der Waals surface area (Å²) >= 11 is 0. The van der Waals surface area contributed by atoms with Gasteiger partial charge in [-0.2, -0.15) is 0 Å². The third-order valence-corrected chi connectivity index (χ3v) is 4.12. The lowest BCUT2D eigenvalue weighted by molar-refractivity contribution is 0.169. The van der Waals surface area contributed by atoms with E-state index in [1.54, 1.807) is 0 Å². The highest BCUT2D eigenvalue weighted by atomic mass is 14.3. The summed E-state index contributed by atoms with van der Waals surface area (Å²) in [7, 11) is 0. The standard InChI is InChI=1S/C16H23/c1-16(2,3)15-11-9-14(10-12-15)13-7-5-4-6-8-13/h4-7,14-15H,9-12H2,1-3H3/t14-,15-. The molecule has 16 heavy (non-hydrogen) atoms. The second-order valence-electron chi connectivity index (χ2n) is 6.23. The molecule has 0 unspecified atom stereocenters. The van der Waals surface area contributed by atoms with Gasteiger partial charge in [-0.15, -0.1) is 0 Å². The molecular weight excluding hydrogens is 192 g/mol. The van der Waals surface area contributed by atoms with Gasteiger partial charge in [0, 0.05) is 0 Å². The van der Waals surface area contributed by atoms with Crippen molar-refractivity contribution < 1.29 is 0 Å². The van der Waals surface area contributed by atoms with E-state index in [1.165, 1.54) is 31.2 Å². The van der Waals surface area contributed by atoms with Gasteiger partial charge in [-0.25, -0.2) is 0 Å². The second kappa shape index (κ2) is 4.61. The zero-order valence-corrected chi connectivity index (χ0v) is 10.8. The van der Waals surface area contributed by atoms with Crippen molar-refractivity contribution in [3.63, 3.8) is 0 Å². The molecule has 0 aliphatic heterocycles. The van der Waals surface area contributed by atoms with Crippen LogP contribution in [-0.2, 0) is 0 Å². The van der Waals surface area contributed by atoms with Crippen LogP contribution < -0.4 is 0 Å². The van der Waals surface area contributed by atoms with Crippen molar-refractivity contribution in [2.75, 3.05) is 0 Å². The molecule has 0 atom stereocenters. The highest BCUT2D eigenvalue weighted by Gasteiger charge is 2.29. The van der Waals surface area contributed by atoms with Crippen LogP contribution in [0, 0.1) is 17.4 Å². The van der Waals surface area contributed by atoms with Crippen LogP contribution in [0.3, 0.4) is 0 Å². The summed E-state index contributed by atoms with van der Waals surface area (Å²) in [6, 6.07) is 11.9. The Kier molecular flexibility index (Phi) is 3.37. The molecule has 0 nitrogen and oxygen atoms in total. The van der Waals surface area contributed by atoms with Gasteiger partial charge in [-0.1, -0.05) is 45.0 Å². The molecule has 1 aliphatic carbocycles. The highest BCUT2D eigenvalue weighted by molar-refractivity contribution is 5.18. The average molecular weight is 215 g/mol. The van der Waals surface area contributed by atoms with Gasteiger partial charge in [0.2, 0.25) is 0 Å². The molecular formula is C16H23. The van der Waals surface area contributed by atoms with Gasteiger partial charge in [-0.05, 0) is 54.6 Å². The summed E-state index contributed by atoms with van der Waals surface area (Å²) < 4.78 is 0. The fraction of sp³-hybridized carbons (Fsp3) is 0.625. The Balaban J connectivity index is 1.96. The van der Waals surface area contributed by atoms with E-state index in [9.17, 15) is 0 Å². The van der Waals surface area contributed by atoms with Crippen molar-refractivity contribution >= 4 is 0 Å². The molecule has 0 heteroatoms. The predicted molar refractivity (Wildman–Crippen MR) is 69.4 cm³/mol. The molecule has 0 N–H and O–H groups in total. The lowest BCUT2D eigenvalue weighted by atomic mass is 9.69. The Morgan fingerprint density at radius 2 is 1.75 bits per heavy atom. The quantitative estimate of drug-likeness (QED) is 0.631. The summed E-state index contributed by atoms with van der Waals surface area (Å²) in [5, 5.41) is 0. The predicted octanol–water partition coefficient (Wildman–Crippen LogP) is 4.81. The molecule has 2 rings (SSSR count). The van der Waals surface area contributed by atoms with Gasteiger partial charge in [0.25, 0.3) is 0 Å². The number of rotatable bonds is 1. The van der Waals surface area contributed by atoms with Crippen LogP contribution >= 0.6 is 0 Å². The normalized spacial score (nSPS) is 26.7. The summed E-state index contributed by atoms with van der Waals surface area (Å²) in [6.07, 6.45) is 5.47. The molecule has 1 saturated carbocycles. The number of benzene rings is 1. The van der Waals surface area contributed by atoms with Crippen LogP contribution in [0.4, 0.5) is 0 Å². The first-order chi connectivity index (χ1) is 7.57. The van der Waals surface area contributed by atoms with Gasteiger partial charge in [0.05, 0.1) is 0 Å². The Bertz CT molecular complexity index is 310. The molecule has 0 heterocycles. The van der Waals surface area contributed by atoms with E-state index in [4.69, 9.17) is 0 Å². The molecule has 1 radical (unpaired) electrons. The smallest absolute Gasteiger partial charge is 0.0146 e. The molecule has 1 aliphatic rings. The van der Waals surface area contributed by atoms with E-state index in [1.807, 2.05) is 6.07 Å². The summed E-state index contributed by atoms with van der Waals surface area (Å²) in [6.45, 7) is 7.14. The van der Waals surface area contributed by atoms with Gasteiger partial charge < -0.3 is 0 Å². The first kappa shape index (κ1) is 11.7. The van der Waals surface area contributed by atoms with Gasteiger partial charge in [-0.3, -0.25) is 0 Å². The molecule has 87 valence electrons. The van der Waals surface area contributed by atoms with E-state index in [2.05, 4.69) is 45.0 Å². The Hall–Kier alpha value is -0.780. The molecule has 1 fully saturated rings. The summed E-state index contributed by atoms with van der Waals surface area (Å²) in [5.41, 5.74) is 1.92. The number of hydrogen-bond acceptors (Lipinski definition) is 0. The third kappa shape index (κ3) is 2.66. The second-order valence-corrected chi connectivity index (χ2v) is 6.23. The minimum Gasteiger partial charge on any atom is -0.0619 e. The lowest BCUT2D eigenvalue weighted by Crippen LogP contribution is -2.25. The maximum absolute atomic E-state index is 3.39. The van der Waals surface area contributed by atoms with E-state index >= 15 is 0 Å². The van der Waals surface area contributed by atoms with E-state index in [0.29, 0.717) is 5.41 Å². The SMILES string of the molecule is CC(C)(C)[C@H]1CC[C@H](c2[c]cccc2)CC1. The topological polar surface area (TPSA) is 0 Å². The fourth-order valence-corrected chi connectivity index (χ4v) is 2.93. The van der Waals surface area contributed by atoms with E-state index in [-0.39, 0.29) is 0 Å². The third-order valence-electron chi connectivity index (χ3n) is 4.12. The summed E-state index contributed by atoms with van der Waals surface area (Å²) in [4.78, 5) is 0. The van der Waals surface area contributed by atoms with Gasteiger partial charge in [0.15, 0.2) is 0 Å². The van der Waals surface area contributed by atoms with Crippen molar-refractivity contribution in [2.24, 2.45) is 11.3 Å². The van der Waals surface area contributed by atoms with Crippen LogP contribution in [0.2, 0.25) is 0 Å². The maximum atomic E-state index is 3.39. The monoisotopic (exact) mass is 215 g/mol. The Morgan fingerprint density at radius 1 is 1.06 bits per heavy atom. The van der Waals surface area contributed by atoms with Crippen molar-refractivity contribution in [3.05, 3.63) is 35.9 Å². The number of hydrogen-bond donors (Lipinski definition) is 0. The van der Waals surface area contributed by atoms with Crippen LogP contribution in [0.15, 0.2) is 24.3 Å².